The Balaban J connectivity index is 1.60. The quantitative estimate of drug-likeness (QED) is 0.552. The van der Waals surface area contributed by atoms with Crippen LogP contribution in [0.25, 0.3) is 5.69 Å². The van der Waals surface area contributed by atoms with Gasteiger partial charge >= 0.3 is 6.03 Å². The minimum absolute atomic E-state index is 0.417. The van der Waals surface area contributed by atoms with Crippen LogP contribution in [0, 0.1) is 0 Å². The third-order valence-corrected chi connectivity index (χ3v) is 3.53. The lowest BCUT2D eigenvalue weighted by Gasteiger charge is -2.06. The fourth-order valence-corrected chi connectivity index (χ4v) is 2.31. The number of benzene rings is 2. The number of anilines is 1. The molecular weight excluding hydrogens is 316 g/mol. The SMILES string of the molecule is COc1ccc(NC(=O)N/N=C/c2cccn2-c2ccccc2)cc1. The Bertz CT molecular complexity index is 855. The Labute approximate surface area is 145 Å². The average Bonchev–Trinajstić information content (AvgIpc) is 3.11. The van der Waals surface area contributed by atoms with Crippen LogP contribution < -0.4 is 15.5 Å². The van der Waals surface area contributed by atoms with Gasteiger partial charge in [0.25, 0.3) is 0 Å². The zero-order chi connectivity index (χ0) is 17.5. The fraction of sp³-hybridized carbons (Fsp3) is 0.0526. The Hall–Kier alpha value is -3.54. The van der Waals surface area contributed by atoms with Crippen molar-refractivity contribution in [2.24, 2.45) is 5.10 Å². The third kappa shape index (κ3) is 4.26. The standard InChI is InChI=1S/C19H18N4O2/c1-25-18-11-9-15(10-12-18)21-19(24)22-20-14-17-8-5-13-23(17)16-6-3-2-4-7-16/h2-14H,1H3,(H2,21,22,24)/b20-14+. The van der Waals surface area contributed by atoms with Crippen molar-refractivity contribution in [1.29, 1.82) is 0 Å². The molecule has 6 nitrogen and oxygen atoms in total. The number of aromatic nitrogens is 1. The van der Waals surface area contributed by atoms with Crippen LogP contribution in [0.1, 0.15) is 5.69 Å². The van der Waals surface area contributed by atoms with Crippen LogP contribution in [-0.4, -0.2) is 23.9 Å². The van der Waals surface area contributed by atoms with Gasteiger partial charge < -0.3 is 14.6 Å². The van der Waals surface area contributed by atoms with Crippen molar-refractivity contribution in [2.45, 2.75) is 0 Å². The summed E-state index contributed by atoms with van der Waals surface area (Å²) < 4.78 is 7.05. The van der Waals surface area contributed by atoms with Crippen molar-refractivity contribution in [1.82, 2.24) is 9.99 Å². The van der Waals surface area contributed by atoms with Crippen LogP contribution in [0.4, 0.5) is 10.5 Å². The van der Waals surface area contributed by atoms with Gasteiger partial charge in [-0.15, -0.1) is 0 Å². The highest BCUT2D eigenvalue weighted by Crippen LogP contribution is 2.14. The zero-order valence-corrected chi connectivity index (χ0v) is 13.7. The van der Waals surface area contributed by atoms with E-state index in [1.165, 1.54) is 0 Å². The summed E-state index contributed by atoms with van der Waals surface area (Å²) >= 11 is 0. The van der Waals surface area contributed by atoms with Gasteiger partial charge in [0.2, 0.25) is 0 Å². The maximum atomic E-state index is 11.9. The van der Waals surface area contributed by atoms with Crippen LogP contribution in [0.3, 0.4) is 0 Å². The second-order valence-corrected chi connectivity index (χ2v) is 5.19. The number of carbonyl (C=O) groups excluding carboxylic acids is 1. The summed E-state index contributed by atoms with van der Waals surface area (Å²) in [6.45, 7) is 0. The number of nitrogens with zero attached hydrogens (tertiary/aromatic N) is 2. The van der Waals surface area contributed by atoms with Gasteiger partial charge in [-0.1, -0.05) is 18.2 Å². The molecule has 0 radical (unpaired) electrons. The molecule has 0 aliphatic heterocycles. The number of hydrogen-bond acceptors (Lipinski definition) is 3. The van der Waals surface area contributed by atoms with Crippen molar-refractivity contribution in [2.75, 3.05) is 12.4 Å². The topological polar surface area (TPSA) is 67.7 Å². The maximum Gasteiger partial charge on any atom is 0.339 e. The number of para-hydroxylation sites is 1. The van der Waals surface area contributed by atoms with Gasteiger partial charge in [0.15, 0.2) is 0 Å². The van der Waals surface area contributed by atoms with Gasteiger partial charge in [-0.2, -0.15) is 5.10 Å². The number of carbonyl (C=O) groups is 1. The van der Waals surface area contributed by atoms with E-state index in [-0.39, 0.29) is 0 Å². The number of ether oxygens (including phenoxy) is 1. The molecule has 1 heterocycles. The monoisotopic (exact) mass is 334 g/mol. The van der Waals surface area contributed by atoms with E-state index in [1.807, 2.05) is 53.2 Å². The number of rotatable bonds is 5. The first kappa shape index (κ1) is 16.3. The van der Waals surface area contributed by atoms with E-state index in [9.17, 15) is 4.79 Å². The van der Waals surface area contributed by atoms with E-state index in [0.29, 0.717) is 5.69 Å². The molecule has 0 bridgehead atoms. The summed E-state index contributed by atoms with van der Waals surface area (Å²) in [5, 5.41) is 6.69. The molecule has 2 amide bonds. The lowest BCUT2D eigenvalue weighted by Crippen LogP contribution is -2.24. The third-order valence-electron chi connectivity index (χ3n) is 3.53. The molecule has 2 aromatic carbocycles. The molecule has 0 spiro atoms. The molecule has 0 aliphatic carbocycles. The summed E-state index contributed by atoms with van der Waals surface area (Å²) in [7, 11) is 1.59. The van der Waals surface area contributed by atoms with Crippen molar-refractivity contribution in [3.8, 4) is 11.4 Å². The zero-order valence-electron chi connectivity index (χ0n) is 13.7. The van der Waals surface area contributed by atoms with E-state index in [1.54, 1.807) is 37.6 Å². The van der Waals surface area contributed by atoms with Gasteiger partial charge in [0, 0.05) is 17.6 Å². The van der Waals surface area contributed by atoms with Gasteiger partial charge in [-0.3, -0.25) is 0 Å². The molecule has 0 saturated carbocycles. The highest BCUT2D eigenvalue weighted by molar-refractivity contribution is 5.90. The summed E-state index contributed by atoms with van der Waals surface area (Å²) in [5.41, 5.74) is 4.99. The molecule has 6 heteroatoms. The summed E-state index contributed by atoms with van der Waals surface area (Å²) in [4.78, 5) is 11.9. The summed E-state index contributed by atoms with van der Waals surface area (Å²) in [6, 6.07) is 20.4. The lowest BCUT2D eigenvalue weighted by molar-refractivity contribution is 0.252. The molecule has 126 valence electrons. The average molecular weight is 334 g/mol. The van der Waals surface area contributed by atoms with Crippen molar-refractivity contribution >= 4 is 17.9 Å². The number of methoxy groups -OCH3 is 1. The van der Waals surface area contributed by atoms with Crippen LogP contribution in [0.2, 0.25) is 0 Å². The van der Waals surface area contributed by atoms with Crippen molar-refractivity contribution in [3.05, 3.63) is 78.6 Å². The molecule has 3 aromatic rings. The van der Waals surface area contributed by atoms with Crippen molar-refractivity contribution < 1.29 is 9.53 Å². The number of nitrogens with one attached hydrogen (secondary N) is 2. The summed E-state index contributed by atoms with van der Waals surface area (Å²) in [6.07, 6.45) is 3.54. The molecule has 25 heavy (non-hydrogen) atoms. The fourth-order valence-electron chi connectivity index (χ4n) is 2.31. The number of hydrogen-bond donors (Lipinski definition) is 2. The van der Waals surface area contributed by atoms with E-state index in [2.05, 4.69) is 15.8 Å². The van der Waals surface area contributed by atoms with E-state index < -0.39 is 6.03 Å². The molecule has 3 rings (SSSR count). The Morgan fingerprint density at radius 2 is 1.80 bits per heavy atom. The van der Waals surface area contributed by atoms with E-state index in [0.717, 1.165) is 17.1 Å². The lowest BCUT2D eigenvalue weighted by atomic mass is 10.3. The molecular formula is C19H18N4O2. The normalized spacial score (nSPS) is 10.6. The minimum Gasteiger partial charge on any atom is -0.497 e. The molecule has 1 aromatic heterocycles. The van der Waals surface area contributed by atoms with Gasteiger partial charge in [0.05, 0.1) is 19.0 Å². The molecule has 0 saturated heterocycles. The first-order valence-electron chi connectivity index (χ1n) is 7.73. The predicted octanol–water partition coefficient (Wildman–Crippen LogP) is 3.64. The summed E-state index contributed by atoms with van der Waals surface area (Å²) in [5.74, 6) is 0.727. The Kier molecular flexibility index (Phi) is 5.11. The number of hydrazone groups is 1. The Morgan fingerprint density at radius 3 is 2.52 bits per heavy atom. The largest absolute Gasteiger partial charge is 0.497 e. The molecule has 2 N–H and O–H groups in total. The first-order valence-corrected chi connectivity index (χ1v) is 7.73. The van der Waals surface area contributed by atoms with E-state index >= 15 is 0 Å². The molecule has 0 fully saturated rings. The Morgan fingerprint density at radius 1 is 1.04 bits per heavy atom. The van der Waals surface area contributed by atoms with Crippen LogP contribution in [-0.2, 0) is 0 Å². The molecule has 0 unspecified atom stereocenters. The van der Waals surface area contributed by atoms with Gasteiger partial charge in [-0.25, -0.2) is 10.2 Å². The molecule has 0 atom stereocenters. The number of urea groups is 1. The second kappa shape index (κ2) is 7.83. The van der Waals surface area contributed by atoms with Gasteiger partial charge in [0.1, 0.15) is 5.75 Å². The second-order valence-electron chi connectivity index (χ2n) is 5.19. The van der Waals surface area contributed by atoms with E-state index in [4.69, 9.17) is 4.74 Å². The van der Waals surface area contributed by atoms with Crippen LogP contribution >= 0.6 is 0 Å². The highest BCUT2D eigenvalue weighted by Gasteiger charge is 2.02. The highest BCUT2D eigenvalue weighted by atomic mass is 16.5. The number of amides is 2. The minimum atomic E-state index is -0.417. The van der Waals surface area contributed by atoms with Crippen LogP contribution in [0.15, 0.2) is 78.0 Å². The van der Waals surface area contributed by atoms with Crippen molar-refractivity contribution in [3.63, 3.8) is 0 Å². The first-order chi connectivity index (χ1) is 12.3. The smallest absolute Gasteiger partial charge is 0.339 e. The van der Waals surface area contributed by atoms with Gasteiger partial charge in [-0.05, 0) is 48.5 Å². The molecule has 0 aliphatic rings. The maximum absolute atomic E-state index is 11.9. The predicted molar refractivity (Wildman–Crippen MR) is 98.5 cm³/mol. The van der Waals surface area contributed by atoms with Crippen LogP contribution in [0.5, 0.6) is 5.75 Å².